The zero-order valence-electron chi connectivity index (χ0n) is 16.9. The third-order valence-electron chi connectivity index (χ3n) is 5.15. The van der Waals surface area contributed by atoms with Crippen LogP contribution in [0.2, 0.25) is 0 Å². The van der Waals surface area contributed by atoms with Gasteiger partial charge in [-0.25, -0.2) is 9.37 Å². The molecule has 1 N–H and O–H groups in total. The number of aryl methyl sites for hydroxylation is 1. The molecule has 1 amide bonds. The first-order valence-corrected chi connectivity index (χ1v) is 10.2. The summed E-state index contributed by atoms with van der Waals surface area (Å²) in [7, 11) is 0. The fourth-order valence-corrected chi connectivity index (χ4v) is 3.55. The molecule has 4 aromatic rings. The maximum absolute atomic E-state index is 14.2. The SMILES string of the molecule is O=C(NCCCc1ccccc1)c1cc2cccnc2n(Cc2ccccc2F)c1=O. The molecule has 0 fully saturated rings. The van der Waals surface area contributed by atoms with Crippen LogP contribution in [-0.2, 0) is 13.0 Å². The topological polar surface area (TPSA) is 64.0 Å². The van der Waals surface area contributed by atoms with Crippen LogP contribution in [0, 0.1) is 5.82 Å². The average molecular weight is 415 g/mol. The highest BCUT2D eigenvalue weighted by Gasteiger charge is 2.17. The number of hydrogen-bond acceptors (Lipinski definition) is 3. The minimum absolute atomic E-state index is 0.00581. The van der Waals surface area contributed by atoms with Crippen LogP contribution in [0.4, 0.5) is 4.39 Å². The molecule has 4 rings (SSSR count). The van der Waals surface area contributed by atoms with E-state index in [0.29, 0.717) is 23.1 Å². The third kappa shape index (κ3) is 4.69. The van der Waals surface area contributed by atoms with Gasteiger partial charge in [-0.15, -0.1) is 0 Å². The maximum Gasteiger partial charge on any atom is 0.265 e. The quantitative estimate of drug-likeness (QED) is 0.465. The van der Waals surface area contributed by atoms with Crippen molar-refractivity contribution in [2.45, 2.75) is 19.4 Å². The predicted molar refractivity (Wildman–Crippen MR) is 119 cm³/mol. The number of pyridine rings is 2. The van der Waals surface area contributed by atoms with Crippen LogP contribution >= 0.6 is 0 Å². The van der Waals surface area contributed by atoms with Gasteiger partial charge in [0.05, 0.1) is 6.54 Å². The maximum atomic E-state index is 14.2. The Hall–Kier alpha value is -3.80. The molecule has 0 saturated heterocycles. The normalized spacial score (nSPS) is 10.9. The average Bonchev–Trinajstić information content (AvgIpc) is 2.80. The van der Waals surface area contributed by atoms with Crippen molar-refractivity contribution in [1.29, 1.82) is 0 Å². The van der Waals surface area contributed by atoms with Gasteiger partial charge >= 0.3 is 0 Å². The third-order valence-corrected chi connectivity index (χ3v) is 5.15. The molecule has 0 aliphatic heterocycles. The van der Waals surface area contributed by atoms with Crippen molar-refractivity contribution in [1.82, 2.24) is 14.9 Å². The Labute approximate surface area is 179 Å². The summed E-state index contributed by atoms with van der Waals surface area (Å²) >= 11 is 0. The summed E-state index contributed by atoms with van der Waals surface area (Å²) in [6.45, 7) is 0.444. The van der Waals surface area contributed by atoms with Crippen LogP contribution in [0.1, 0.15) is 27.9 Å². The van der Waals surface area contributed by atoms with Crippen LogP contribution in [-0.4, -0.2) is 22.0 Å². The van der Waals surface area contributed by atoms with Crippen LogP contribution in [0.3, 0.4) is 0 Å². The molecule has 6 heteroatoms. The van der Waals surface area contributed by atoms with E-state index in [1.807, 2.05) is 30.3 Å². The molecule has 2 heterocycles. The number of amides is 1. The molecular weight excluding hydrogens is 393 g/mol. The second kappa shape index (κ2) is 9.34. The Morgan fingerprint density at radius 2 is 1.77 bits per heavy atom. The fraction of sp³-hybridized carbons (Fsp3) is 0.160. The molecule has 0 bridgehead atoms. The van der Waals surface area contributed by atoms with E-state index in [9.17, 15) is 14.0 Å². The van der Waals surface area contributed by atoms with Crippen molar-refractivity contribution in [3.05, 3.63) is 112 Å². The van der Waals surface area contributed by atoms with E-state index >= 15 is 0 Å². The predicted octanol–water partition coefficient (Wildman–Crippen LogP) is 3.95. The number of nitrogens with one attached hydrogen (secondary N) is 1. The number of benzene rings is 2. The standard InChI is InChI=1S/C25H22FN3O2/c26-22-13-5-4-11-20(22)17-29-23-19(12-7-14-27-23)16-21(25(29)31)24(30)28-15-6-10-18-8-2-1-3-9-18/h1-5,7-9,11-14,16H,6,10,15,17H2,(H,28,30). The van der Waals surface area contributed by atoms with E-state index in [1.54, 1.807) is 42.6 Å². The summed E-state index contributed by atoms with van der Waals surface area (Å²) in [5.41, 5.74) is 1.50. The fourth-order valence-electron chi connectivity index (χ4n) is 3.55. The summed E-state index contributed by atoms with van der Waals surface area (Å²) in [4.78, 5) is 30.2. The largest absolute Gasteiger partial charge is 0.352 e. The zero-order valence-corrected chi connectivity index (χ0v) is 16.9. The Morgan fingerprint density at radius 1 is 1.00 bits per heavy atom. The molecule has 0 aliphatic carbocycles. The van der Waals surface area contributed by atoms with Gasteiger partial charge in [-0.1, -0.05) is 48.5 Å². The Balaban J connectivity index is 1.57. The van der Waals surface area contributed by atoms with Crippen LogP contribution in [0.15, 0.2) is 83.8 Å². The molecule has 0 aliphatic rings. The van der Waals surface area contributed by atoms with Crippen molar-refractivity contribution >= 4 is 16.9 Å². The summed E-state index contributed by atoms with van der Waals surface area (Å²) in [6, 6.07) is 21.4. The molecule has 0 atom stereocenters. The van der Waals surface area contributed by atoms with Gasteiger partial charge in [0.25, 0.3) is 11.5 Å². The Kier molecular flexibility index (Phi) is 6.17. The second-order valence-corrected chi connectivity index (χ2v) is 7.30. The highest BCUT2D eigenvalue weighted by atomic mass is 19.1. The molecule has 0 saturated carbocycles. The van der Waals surface area contributed by atoms with Gasteiger partial charge in [-0.3, -0.25) is 14.2 Å². The molecule has 5 nitrogen and oxygen atoms in total. The second-order valence-electron chi connectivity index (χ2n) is 7.30. The van der Waals surface area contributed by atoms with Crippen LogP contribution in [0.5, 0.6) is 0 Å². The molecule has 156 valence electrons. The molecule has 2 aromatic heterocycles. The lowest BCUT2D eigenvalue weighted by atomic mass is 10.1. The number of halogens is 1. The van der Waals surface area contributed by atoms with Gasteiger partial charge in [0, 0.05) is 23.7 Å². The molecule has 0 radical (unpaired) electrons. The monoisotopic (exact) mass is 415 g/mol. The first-order valence-electron chi connectivity index (χ1n) is 10.2. The van der Waals surface area contributed by atoms with Gasteiger partial charge < -0.3 is 5.32 Å². The highest BCUT2D eigenvalue weighted by molar-refractivity contribution is 5.96. The van der Waals surface area contributed by atoms with E-state index in [1.165, 1.54) is 16.2 Å². The Bertz CT molecular complexity index is 1270. The van der Waals surface area contributed by atoms with Crippen LogP contribution in [0.25, 0.3) is 11.0 Å². The van der Waals surface area contributed by atoms with Gasteiger partial charge in [0.2, 0.25) is 0 Å². The minimum atomic E-state index is -0.491. The van der Waals surface area contributed by atoms with Crippen molar-refractivity contribution in [2.24, 2.45) is 0 Å². The minimum Gasteiger partial charge on any atom is -0.352 e. The van der Waals surface area contributed by atoms with E-state index in [-0.39, 0.29) is 12.1 Å². The van der Waals surface area contributed by atoms with Gasteiger partial charge in [0.1, 0.15) is 17.0 Å². The molecule has 0 spiro atoms. The number of nitrogens with zero attached hydrogens (tertiary/aromatic N) is 2. The van der Waals surface area contributed by atoms with Crippen molar-refractivity contribution in [3.63, 3.8) is 0 Å². The first kappa shape index (κ1) is 20.5. The summed E-state index contributed by atoms with van der Waals surface area (Å²) in [5.74, 6) is -0.847. The number of rotatable bonds is 7. The molecule has 0 unspecified atom stereocenters. The molecular formula is C25H22FN3O2. The van der Waals surface area contributed by atoms with E-state index in [0.717, 1.165) is 12.8 Å². The number of carbonyl (C=O) groups excluding carboxylic acids is 1. The lowest BCUT2D eigenvalue weighted by Gasteiger charge is -2.13. The smallest absolute Gasteiger partial charge is 0.265 e. The Morgan fingerprint density at radius 3 is 2.58 bits per heavy atom. The lowest BCUT2D eigenvalue weighted by molar-refractivity contribution is 0.0951. The van der Waals surface area contributed by atoms with Crippen molar-refractivity contribution in [2.75, 3.05) is 6.54 Å². The van der Waals surface area contributed by atoms with E-state index in [2.05, 4.69) is 10.3 Å². The van der Waals surface area contributed by atoms with Crippen LogP contribution < -0.4 is 10.9 Å². The van der Waals surface area contributed by atoms with E-state index < -0.39 is 17.3 Å². The lowest BCUT2D eigenvalue weighted by Crippen LogP contribution is -2.34. The number of carbonyl (C=O) groups is 1. The zero-order chi connectivity index (χ0) is 21.6. The summed E-state index contributed by atoms with van der Waals surface area (Å²) in [6.07, 6.45) is 3.16. The highest BCUT2D eigenvalue weighted by Crippen LogP contribution is 2.14. The first-order chi connectivity index (χ1) is 15.1. The summed E-state index contributed by atoms with van der Waals surface area (Å²) in [5, 5.41) is 3.48. The number of hydrogen-bond donors (Lipinski definition) is 1. The van der Waals surface area contributed by atoms with E-state index in [4.69, 9.17) is 0 Å². The molecule has 31 heavy (non-hydrogen) atoms. The van der Waals surface area contributed by atoms with Gasteiger partial charge in [0.15, 0.2) is 0 Å². The summed E-state index contributed by atoms with van der Waals surface area (Å²) < 4.78 is 15.6. The van der Waals surface area contributed by atoms with Gasteiger partial charge in [-0.05, 0) is 42.7 Å². The van der Waals surface area contributed by atoms with Gasteiger partial charge in [-0.2, -0.15) is 0 Å². The van der Waals surface area contributed by atoms with Crippen molar-refractivity contribution < 1.29 is 9.18 Å². The molecule has 2 aromatic carbocycles. The van der Waals surface area contributed by atoms with Crippen molar-refractivity contribution in [3.8, 4) is 0 Å². The number of aromatic nitrogens is 2. The number of fused-ring (bicyclic) bond motifs is 1.